The maximum atomic E-state index is 11.7. The van der Waals surface area contributed by atoms with Crippen molar-refractivity contribution >= 4 is 17.5 Å². The number of aromatic hydroxyl groups is 1. The van der Waals surface area contributed by atoms with Gasteiger partial charge in [-0.05, 0) is 29.8 Å². The van der Waals surface area contributed by atoms with Crippen molar-refractivity contribution in [2.75, 3.05) is 33.3 Å². The van der Waals surface area contributed by atoms with E-state index in [9.17, 15) is 15.0 Å². The first kappa shape index (κ1) is 22.7. The Bertz CT molecular complexity index is 975. The zero-order valence-corrected chi connectivity index (χ0v) is 18.9. The van der Waals surface area contributed by atoms with Crippen LogP contribution in [0, 0.1) is 0 Å². The molecule has 7 nitrogen and oxygen atoms in total. The molecule has 2 heterocycles. The Morgan fingerprint density at radius 1 is 1.28 bits per heavy atom. The number of benzene rings is 2. The molecule has 172 valence electrons. The van der Waals surface area contributed by atoms with E-state index in [1.54, 1.807) is 13.1 Å². The summed E-state index contributed by atoms with van der Waals surface area (Å²) in [7, 11) is 1.57. The van der Waals surface area contributed by atoms with Crippen LogP contribution in [0.25, 0.3) is 0 Å². The highest BCUT2D eigenvalue weighted by molar-refractivity contribution is 6.30. The number of carbonyl (C=O) groups is 1. The molecule has 0 bridgehead atoms. The zero-order chi connectivity index (χ0) is 22.7. The third-order valence-electron chi connectivity index (χ3n) is 6.21. The minimum absolute atomic E-state index is 0.0512. The van der Waals surface area contributed by atoms with E-state index in [2.05, 4.69) is 10.2 Å². The molecule has 0 aliphatic carbocycles. The van der Waals surface area contributed by atoms with Gasteiger partial charge in [-0.3, -0.25) is 4.79 Å². The number of phenolic OH excluding ortho intramolecular Hbond substituents is 1. The molecule has 2 aromatic rings. The molecule has 2 aliphatic rings. The molecule has 0 saturated carbocycles. The molecule has 2 aliphatic heterocycles. The Balaban J connectivity index is 1.27. The maximum Gasteiger partial charge on any atom is 0.224 e. The topological polar surface area (TPSA) is 91.3 Å². The van der Waals surface area contributed by atoms with Gasteiger partial charge in [0.25, 0.3) is 0 Å². The van der Waals surface area contributed by atoms with Crippen molar-refractivity contribution < 1.29 is 24.5 Å². The summed E-state index contributed by atoms with van der Waals surface area (Å²) in [5.41, 5.74) is 1.65. The molecule has 1 amide bonds. The minimum atomic E-state index is -0.695. The third-order valence-corrected chi connectivity index (χ3v) is 6.44. The van der Waals surface area contributed by atoms with Gasteiger partial charge in [0, 0.05) is 62.6 Å². The molecule has 3 N–H and O–H groups in total. The molecule has 1 saturated heterocycles. The van der Waals surface area contributed by atoms with E-state index in [1.165, 1.54) is 12.1 Å². The third kappa shape index (κ3) is 5.28. The molecule has 4 rings (SSSR count). The van der Waals surface area contributed by atoms with Crippen molar-refractivity contribution in [2.24, 2.45) is 0 Å². The van der Waals surface area contributed by atoms with Crippen LogP contribution in [-0.2, 0) is 17.6 Å². The summed E-state index contributed by atoms with van der Waals surface area (Å²) in [6, 6.07) is 10.4. The number of hydrogen-bond donors (Lipinski definition) is 3. The molecule has 32 heavy (non-hydrogen) atoms. The Hall–Kier alpha value is -2.48. The second-order valence-corrected chi connectivity index (χ2v) is 9.06. The summed E-state index contributed by atoms with van der Waals surface area (Å²) in [6.45, 7) is 2.21. The van der Waals surface area contributed by atoms with Gasteiger partial charge in [-0.15, -0.1) is 0 Å². The van der Waals surface area contributed by atoms with Gasteiger partial charge in [0.2, 0.25) is 5.91 Å². The number of nitrogens with zero attached hydrogens (tertiary/aromatic N) is 1. The van der Waals surface area contributed by atoms with Crippen LogP contribution in [0.15, 0.2) is 36.4 Å². The van der Waals surface area contributed by atoms with Crippen LogP contribution in [0.1, 0.15) is 24.0 Å². The number of carbonyl (C=O) groups excluding carboxylic acids is 1. The van der Waals surface area contributed by atoms with Crippen LogP contribution in [0.4, 0.5) is 0 Å². The molecule has 8 heteroatoms. The normalized spacial score (nSPS) is 18.1. The Labute approximate surface area is 192 Å². The number of hydrogen-bond acceptors (Lipinski definition) is 6. The van der Waals surface area contributed by atoms with Crippen LogP contribution in [0.3, 0.4) is 0 Å². The summed E-state index contributed by atoms with van der Waals surface area (Å²) >= 11 is 6.12. The highest BCUT2D eigenvalue weighted by Crippen LogP contribution is 2.41. The quantitative estimate of drug-likeness (QED) is 0.588. The van der Waals surface area contributed by atoms with Crippen molar-refractivity contribution in [3.63, 3.8) is 0 Å². The molecule has 1 fully saturated rings. The Kier molecular flexibility index (Phi) is 6.79. The number of ether oxygens (including phenoxy) is 2. The van der Waals surface area contributed by atoms with Gasteiger partial charge in [0.1, 0.15) is 35.6 Å². The standard InChI is InChI=1S/C24H29ClN2O5/c1-26-23(30)11-16-2-4-19(28)12-22(16)31-15-20(29)14-27-8-6-24(7-9-27)13-17-10-18(25)3-5-21(17)32-24/h2-5,10,12,20,28-29H,6-9,11,13-15H2,1H3,(H,26,30)/t20-/m0/s1. The molecule has 1 spiro atoms. The first-order valence-electron chi connectivity index (χ1n) is 10.9. The number of amides is 1. The number of nitrogens with one attached hydrogen (secondary N) is 1. The summed E-state index contributed by atoms with van der Waals surface area (Å²) in [5.74, 6) is 1.23. The molecule has 0 unspecified atom stereocenters. The fourth-order valence-corrected chi connectivity index (χ4v) is 4.64. The van der Waals surface area contributed by atoms with Crippen molar-refractivity contribution in [2.45, 2.75) is 37.4 Å². The minimum Gasteiger partial charge on any atom is -0.508 e. The molecular weight excluding hydrogens is 432 g/mol. The Morgan fingerprint density at radius 2 is 2.06 bits per heavy atom. The number of aliphatic hydroxyl groups excluding tert-OH is 1. The smallest absolute Gasteiger partial charge is 0.224 e. The number of aliphatic hydroxyl groups is 1. The van der Waals surface area contributed by atoms with Gasteiger partial charge >= 0.3 is 0 Å². The van der Waals surface area contributed by atoms with Crippen LogP contribution in [0.2, 0.25) is 5.02 Å². The number of phenols is 1. The number of rotatable bonds is 7. The summed E-state index contributed by atoms with van der Waals surface area (Å²) < 4.78 is 12.0. The number of β-amino-alcohol motifs (C(OH)–C–C–N with tert-alkyl or cyclic N) is 1. The SMILES string of the molecule is CNC(=O)Cc1ccc(O)cc1OC[C@@H](O)CN1CCC2(CC1)Cc1cc(Cl)ccc1O2. The number of fused-ring (bicyclic) bond motifs is 1. The fourth-order valence-electron chi connectivity index (χ4n) is 4.45. The van der Waals surface area contributed by atoms with Crippen LogP contribution >= 0.6 is 11.6 Å². The van der Waals surface area contributed by atoms with Crippen molar-refractivity contribution in [1.29, 1.82) is 0 Å². The first-order chi connectivity index (χ1) is 15.4. The van der Waals surface area contributed by atoms with Crippen LogP contribution in [-0.4, -0.2) is 66.0 Å². The highest BCUT2D eigenvalue weighted by atomic mass is 35.5. The van der Waals surface area contributed by atoms with E-state index in [-0.39, 0.29) is 30.3 Å². The summed E-state index contributed by atoms with van der Waals surface area (Å²) in [4.78, 5) is 13.9. The summed E-state index contributed by atoms with van der Waals surface area (Å²) in [6.07, 6.45) is 2.09. The lowest BCUT2D eigenvalue weighted by molar-refractivity contribution is -0.119. The fraction of sp³-hybridized carbons (Fsp3) is 0.458. The Morgan fingerprint density at radius 3 is 2.81 bits per heavy atom. The molecule has 0 aromatic heterocycles. The van der Waals surface area contributed by atoms with Gasteiger partial charge in [-0.1, -0.05) is 17.7 Å². The monoisotopic (exact) mass is 460 g/mol. The number of piperidine rings is 1. The van der Waals surface area contributed by atoms with E-state index >= 15 is 0 Å². The molecular formula is C24H29ClN2O5. The highest BCUT2D eigenvalue weighted by Gasteiger charge is 2.42. The van der Waals surface area contributed by atoms with Crippen LogP contribution < -0.4 is 14.8 Å². The number of likely N-dealkylation sites (tertiary alicyclic amines) is 1. The van der Waals surface area contributed by atoms with E-state index in [4.69, 9.17) is 21.1 Å². The summed E-state index contributed by atoms with van der Waals surface area (Å²) in [5, 5.41) is 23.6. The van der Waals surface area contributed by atoms with Gasteiger partial charge in [-0.2, -0.15) is 0 Å². The van der Waals surface area contributed by atoms with E-state index in [1.807, 2.05) is 18.2 Å². The van der Waals surface area contributed by atoms with Gasteiger partial charge in [0.05, 0.1) is 6.42 Å². The largest absolute Gasteiger partial charge is 0.508 e. The first-order valence-corrected chi connectivity index (χ1v) is 11.3. The van der Waals surface area contributed by atoms with Crippen molar-refractivity contribution in [1.82, 2.24) is 10.2 Å². The van der Waals surface area contributed by atoms with Crippen molar-refractivity contribution in [3.05, 3.63) is 52.5 Å². The molecule has 2 aromatic carbocycles. The predicted molar refractivity (Wildman–Crippen MR) is 122 cm³/mol. The number of halogens is 1. The molecule has 1 atom stereocenters. The number of likely N-dealkylation sites (N-methyl/N-ethyl adjacent to an activating group) is 1. The molecule has 0 radical (unpaired) electrons. The average Bonchev–Trinajstić information content (AvgIpc) is 3.12. The van der Waals surface area contributed by atoms with Gasteiger partial charge in [0.15, 0.2) is 0 Å². The van der Waals surface area contributed by atoms with E-state index < -0.39 is 6.10 Å². The average molecular weight is 461 g/mol. The lowest BCUT2D eigenvalue weighted by atomic mass is 9.87. The van der Waals surface area contributed by atoms with Gasteiger partial charge < -0.3 is 29.9 Å². The van der Waals surface area contributed by atoms with E-state index in [0.717, 1.165) is 48.7 Å². The van der Waals surface area contributed by atoms with Crippen molar-refractivity contribution in [3.8, 4) is 17.2 Å². The van der Waals surface area contributed by atoms with E-state index in [0.29, 0.717) is 17.9 Å². The second kappa shape index (κ2) is 9.57. The lowest BCUT2D eigenvalue weighted by Gasteiger charge is -2.39. The predicted octanol–water partition coefficient (Wildman–Crippen LogP) is 2.54. The zero-order valence-electron chi connectivity index (χ0n) is 18.1. The van der Waals surface area contributed by atoms with Crippen LogP contribution in [0.5, 0.6) is 17.2 Å². The lowest BCUT2D eigenvalue weighted by Crippen LogP contribution is -2.49. The second-order valence-electron chi connectivity index (χ2n) is 8.62. The van der Waals surface area contributed by atoms with Gasteiger partial charge in [-0.25, -0.2) is 0 Å². The maximum absolute atomic E-state index is 11.7.